The van der Waals surface area contributed by atoms with Crippen LogP contribution >= 0.6 is 11.8 Å². The molecule has 2 fully saturated rings. The van der Waals surface area contributed by atoms with Crippen LogP contribution < -0.4 is 4.74 Å². The van der Waals surface area contributed by atoms with Crippen molar-refractivity contribution in [2.24, 2.45) is 5.92 Å². The van der Waals surface area contributed by atoms with E-state index >= 15 is 0 Å². The molecule has 0 spiro atoms. The summed E-state index contributed by atoms with van der Waals surface area (Å²) in [4.78, 5) is 39.4. The standard InChI is InChI=1S/C27H28FNO5S/c1-34-20-6-4-5-18(13-20)23(30)16-35-24-11-12-29(15-19(24)14-25(31)32)26(27(33)17-9-10-17)21-7-2-3-8-22(21)28/h2-8,13-14,17,24,26H,9-12,15-16H2,1H3,(H,31,32). The Kier molecular flexibility index (Phi) is 8.03. The van der Waals surface area contributed by atoms with Crippen molar-refractivity contribution in [3.63, 3.8) is 0 Å². The van der Waals surface area contributed by atoms with Crippen molar-refractivity contribution < 1.29 is 28.6 Å². The normalized spacial score (nSPS) is 20.4. The lowest BCUT2D eigenvalue weighted by Crippen LogP contribution is -2.43. The molecule has 35 heavy (non-hydrogen) atoms. The van der Waals surface area contributed by atoms with E-state index in [4.69, 9.17) is 4.74 Å². The average Bonchev–Trinajstić information content (AvgIpc) is 3.70. The summed E-state index contributed by atoms with van der Waals surface area (Å²) >= 11 is 1.40. The van der Waals surface area contributed by atoms with Crippen molar-refractivity contribution in [1.29, 1.82) is 0 Å². The van der Waals surface area contributed by atoms with Crippen molar-refractivity contribution >= 4 is 29.3 Å². The number of hydrogen-bond donors (Lipinski definition) is 1. The summed E-state index contributed by atoms with van der Waals surface area (Å²) in [7, 11) is 1.54. The Balaban J connectivity index is 1.51. The molecule has 2 aliphatic rings. The first kappa shape index (κ1) is 25.1. The molecule has 0 aromatic heterocycles. The molecule has 2 unspecified atom stereocenters. The van der Waals surface area contributed by atoms with E-state index in [1.54, 1.807) is 42.5 Å². The number of ketones is 2. The number of carbonyl (C=O) groups is 3. The fourth-order valence-corrected chi connectivity index (χ4v) is 5.61. The van der Waals surface area contributed by atoms with Gasteiger partial charge >= 0.3 is 5.97 Å². The zero-order valence-electron chi connectivity index (χ0n) is 19.5. The minimum Gasteiger partial charge on any atom is -0.497 e. The van der Waals surface area contributed by atoms with Crippen LogP contribution in [0.4, 0.5) is 4.39 Å². The van der Waals surface area contributed by atoms with Gasteiger partial charge in [0.25, 0.3) is 0 Å². The van der Waals surface area contributed by atoms with Crippen molar-refractivity contribution in [2.45, 2.75) is 30.6 Å². The average molecular weight is 498 g/mol. The first-order valence-electron chi connectivity index (χ1n) is 11.6. The number of nitrogens with zero attached hydrogens (tertiary/aromatic N) is 1. The number of halogens is 1. The summed E-state index contributed by atoms with van der Waals surface area (Å²) in [5.41, 5.74) is 1.49. The molecule has 2 atom stereocenters. The number of aliphatic carboxylic acids is 1. The molecule has 6 nitrogen and oxygen atoms in total. The zero-order valence-corrected chi connectivity index (χ0v) is 20.3. The van der Waals surface area contributed by atoms with Crippen molar-refractivity contribution in [1.82, 2.24) is 4.90 Å². The molecule has 1 aliphatic heterocycles. The second-order valence-corrected chi connectivity index (χ2v) is 10.1. The first-order chi connectivity index (χ1) is 16.9. The van der Waals surface area contributed by atoms with Crippen LogP contribution in [0.5, 0.6) is 5.75 Å². The molecule has 0 radical (unpaired) electrons. The van der Waals surface area contributed by atoms with Gasteiger partial charge in [0.15, 0.2) is 11.6 Å². The summed E-state index contributed by atoms with van der Waals surface area (Å²) in [6, 6.07) is 12.5. The van der Waals surface area contributed by atoms with Gasteiger partial charge in [-0.25, -0.2) is 9.18 Å². The molecule has 1 saturated heterocycles. The largest absolute Gasteiger partial charge is 0.497 e. The summed E-state index contributed by atoms with van der Waals surface area (Å²) in [5.74, 6) is -0.882. The molecule has 4 rings (SSSR count). The highest BCUT2D eigenvalue weighted by atomic mass is 32.2. The molecular weight excluding hydrogens is 469 g/mol. The van der Waals surface area contributed by atoms with Gasteiger partial charge in [-0.3, -0.25) is 14.5 Å². The number of piperidine rings is 1. The van der Waals surface area contributed by atoms with Crippen molar-refractivity contribution in [3.05, 3.63) is 77.1 Å². The van der Waals surface area contributed by atoms with E-state index in [0.717, 1.165) is 12.8 Å². The summed E-state index contributed by atoms with van der Waals surface area (Å²) in [6.07, 6.45) is 3.33. The van der Waals surface area contributed by atoms with Crippen LogP contribution in [0.15, 0.2) is 60.2 Å². The summed E-state index contributed by atoms with van der Waals surface area (Å²) < 4.78 is 19.9. The Labute approximate surface area is 208 Å². The maximum Gasteiger partial charge on any atom is 0.328 e. The number of carboxylic acids is 1. The van der Waals surface area contributed by atoms with Crippen molar-refractivity contribution in [2.75, 3.05) is 26.0 Å². The number of likely N-dealkylation sites (tertiary alicyclic amines) is 1. The van der Waals surface area contributed by atoms with Crippen LogP contribution in [0, 0.1) is 11.7 Å². The van der Waals surface area contributed by atoms with E-state index < -0.39 is 17.8 Å². The van der Waals surface area contributed by atoms with Crippen LogP contribution in [-0.4, -0.2) is 58.7 Å². The molecule has 1 aliphatic carbocycles. The molecule has 0 bridgehead atoms. The van der Waals surface area contributed by atoms with E-state index in [2.05, 4.69) is 0 Å². The van der Waals surface area contributed by atoms with E-state index in [-0.39, 0.29) is 35.0 Å². The van der Waals surface area contributed by atoms with E-state index in [1.165, 1.54) is 31.0 Å². The van der Waals surface area contributed by atoms with Gasteiger partial charge in [-0.15, -0.1) is 11.8 Å². The number of benzene rings is 2. The smallest absolute Gasteiger partial charge is 0.328 e. The minimum absolute atomic E-state index is 0.0101. The SMILES string of the molecule is COc1cccc(C(=O)CSC2CCN(C(C(=O)C3CC3)c3ccccc3F)CC2=CC(=O)O)c1. The predicted molar refractivity (Wildman–Crippen MR) is 132 cm³/mol. The van der Waals surface area contributed by atoms with Gasteiger partial charge in [-0.2, -0.15) is 0 Å². The lowest BCUT2D eigenvalue weighted by Gasteiger charge is -2.38. The highest BCUT2D eigenvalue weighted by Gasteiger charge is 2.41. The molecule has 1 heterocycles. The lowest BCUT2D eigenvalue weighted by molar-refractivity contribution is -0.131. The van der Waals surface area contributed by atoms with Gasteiger partial charge < -0.3 is 9.84 Å². The highest BCUT2D eigenvalue weighted by Crippen LogP contribution is 2.40. The molecular formula is C27H28FNO5S. The molecule has 184 valence electrons. The van der Waals surface area contributed by atoms with Gasteiger partial charge in [0.05, 0.1) is 18.9 Å². The van der Waals surface area contributed by atoms with Crippen LogP contribution in [0.25, 0.3) is 0 Å². The number of methoxy groups -OCH3 is 1. The van der Waals surface area contributed by atoms with Crippen LogP contribution in [0.1, 0.15) is 41.2 Å². The third kappa shape index (κ3) is 6.18. The van der Waals surface area contributed by atoms with Gasteiger partial charge in [0, 0.05) is 41.5 Å². The Morgan fingerprint density at radius 1 is 1.17 bits per heavy atom. The maximum atomic E-state index is 14.7. The molecule has 0 amide bonds. The topological polar surface area (TPSA) is 83.9 Å². The van der Waals surface area contributed by atoms with Gasteiger partial charge in [-0.05, 0) is 43.0 Å². The highest BCUT2D eigenvalue weighted by molar-refractivity contribution is 8.00. The van der Waals surface area contributed by atoms with E-state index in [1.807, 2.05) is 4.90 Å². The number of carbonyl (C=O) groups excluding carboxylic acids is 2. The fraction of sp³-hybridized carbons (Fsp3) is 0.370. The number of rotatable bonds is 10. The van der Waals surface area contributed by atoms with Crippen LogP contribution in [0.2, 0.25) is 0 Å². The molecule has 2 aromatic rings. The third-order valence-corrected chi connectivity index (χ3v) is 7.78. The Hall–Kier alpha value is -2.97. The number of Topliss-reactive ketones (excluding diaryl/α,β-unsaturated/α-hetero) is 2. The van der Waals surface area contributed by atoms with E-state index in [0.29, 0.717) is 35.4 Å². The van der Waals surface area contributed by atoms with Crippen LogP contribution in [-0.2, 0) is 9.59 Å². The zero-order chi connectivity index (χ0) is 24.9. The number of hydrogen-bond acceptors (Lipinski definition) is 6. The third-order valence-electron chi connectivity index (χ3n) is 6.41. The van der Waals surface area contributed by atoms with Gasteiger partial charge in [0.2, 0.25) is 0 Å². The number of ether oxygens (including phenoxy) is 1. The first-order valence-corrected chi connectivity index (χ1v) is 12.7. The second-order valence-electron chi connectivity index (χ2n) is 8.87. The molecule has 2 aromatic carbocycles. The summed E-state index contributed by atoms with van der Waals surface area (Å²) in [6.45, 7) is 0.730. The number of carboxylic acid groups (broad SMARTS) is 1. The minimum atomic E-state index is -1.08. The fourth-order valence-electron chi connectivity index (χ4n) is 4.47. The van der Waals surface area contributed by atoms with E-state index in [9.17, 15) is 23.9 Å². The number of thioether (sulfide) groups is 1. The monoisotopic (exact) mass is 497 g/mol. The summed E-state index contributed by atoms with van der Waals surface area (Å²) in [5, 5.41) is 9.29. The second kappa shape index (κ2) is 11.2. The van der Waals surface area contributed by atoms with Gasteiger partial charge in [0.1, 0.15) is 11.6 Å². The van der Waals surface area contributed by atoms with Crippen LogP contribution in [0.3, 0.4) is 0 Å². The molecule has 8 heteroatoms. The molecule has 1 N–H and O–H groups in total. The molecule has 1 saturated carbocycles. The Bertz CT molecular complexity index is 1150. The maximum absolute atomic E-state index is 14.7. The lowest BCUT2D eigenvalue weighted by atomic mass is 9.93. The van der Waals surface area contributed by atoms with Crippen molar-refractivity contribution in [3.8, 4) is 5.75 Å². The quantitative estimate of drug-likeness (QED) is 0.381. The predicted octanol–water partition coefficient (Wildman–Crippen LogP) is 4.56. The van der Waals surface area contributed by atoms with Gasteiger partial charge in [-0.1, -0.05) is 30.3 Å². The Morgan fingerprint density at radius 2 is 1.94 bits per heavy atom. The Morgan fingerprint density at radius 3 is 2.63 bits per heavy atom.